The van der Waals surface area contributed by atoms with Crippen LogP contribution in [0.4, 0.5) is 11.4 Å². The molecule has 0 aliphatic heterocycles. The van der Waals surface area contributed by atoms with Crippen LogP contribution in [-0.2, 0) is 37.8 Å². The molecule has 6 aromatic rings. The molecule has 0 aliphatic carbocycles. The lowest BCUT2D eigenvalue weighted by Gasteiger charge is -2.24. The summed E-state index contributed by atoms with van der Waals surface area (Å²) in [5.74, 6) is 1.04. The molecule has 0 unspecified atom stereocenters. The van der Waals surface area contributed by atoms with Gasteiger partial charge in [-0.15, -0.1) is 24.8 Å². The highest BCUT2D eigenvalue weighted by molar-refractivity contribution is 5.98. The molecule has 5 aromatic carbocycles. The van der Waals surface area contributed by atoms with Crippen molar-refractivity contribution in [1.29, 1.82) is 5.41 Å². The minimum Gasteiger partial charge on any atom is -0.384 e. The first-order chi connectivity index (χ1) is 23.8. The van der Waals surface area contributed by atoms with Crippen LogP contribution in [0.15, 0.2) is 109 Å². The summed E-state index contributed by atoms with van der Waals surface area (Å²) in [5.41, 5.74) is 13.7. The van der Waals surface area contributed by atoms with Gasteiger partial charge < -0.3 is 25.4 Å². The minimum atomic E-state index is -0.00259. The highest BCUT2D eigenvalue weighted by Crippen LogP contribution is 2.27. The Kier molecular flexibility index (Phi) is 13.6. The Balaban J connectivity index is 0.00000292. The van der Waals surface area contributed by atoms with E-state index in [4.69, 9.17) is 16.1 Å². The van der Waals surface area contributed by atoms with Gasteiger partial charge in [0.25, 0.3) is 0 Å². The van der Waals surface area contributed by atoms with E-state index in [1.165, 1.54) is 5.69 Å². The Morgan fingerprint density at radius 1 is 0.824 bits per heavy atom. The number of hydrogen-bond acceptors (Lipinski definition) is 5. The maximum atomic E-state index is 14.0. The van der Waals surface area contributed by atoms with Crippen LogP contribution >= 0.6 is 24.8 Å². The number of carbonyl (C=O) groups excluding carboxylic acids is 1. The fourth-order valence-electron chi connectivity index (χ4n) is 6.48. The number of fused-ring (bicyclic) bond motifs is 2. The Bertz CT molecular complexity index is 2070. The van der Waals surface area contributed by atoms with E-state index in [1.807, 2.05) is 60.5 Å². The van der Waals surface area contributed by atoms with E-state index in [9.17, 15) is 4.79 Å². The molecule has 1 aromatic heterocycles. The fourth-order valence-corrected chi connectivity index (χ4v) is 6.48. The summed E-state index contributed by atoms with van der Waals surface area (Å²) in [7, 11) is 2.04. The second-order valence-corrected chi connectivity index (χ2v) is 12.4. The lowest BCUT2D eigenvalue weighted by molar-refractivity contribution is -0.118. The molecule has 266 valence electrons. The molecule has 0 aliphatic rings. The van der Waals surface area contributed by atoms with Gasteiger partial charge in [-0.05, 0) is 78.1 Å². The van der Waals surface area contributed by atoms with Crippen molar-refractivity contribution in [2.24, 2.45) is 12.8 Å². The van der Waals surface area contributed by atoms with Crippen LogP contribution < -0.4 is 20.9 Å². The average molecular weight is 725 g/mol. The second-order valence-electron chi connectivity index (χ2n) is 12.4. The molecule has 0 spiro atoms. The summed E-state index contributed by atoms with van der Waals surface area (Å²) in [4.78, 5) is 23.3. The van der Waals surface area contributed by atoms with Crippen molar-refractivity contribution >= 4 is 69.7 Å². The Morgan fingerprint density at radius 3 is 2.20 bits per heavy atom. The highest BCUT2D eigenvalue weighted by Gasteiger charge is 2.19. The summed E-state index contributed by atoms with van der Waals surface area (Å²) in [6.45, 7) is 7.53. The fraction of sp³-hybridized carbons (Fsp3) is 0.244. The van der Waals surface area contributed by atoms with Gasteiger partial charge in [0.05, 0.1) is 24.1 Å². The van der Waals surface area contributed by atoms with Crippen LogP contribution in [-0.4, -0.2) is 40.9 Å². The number of nitrogens with two attached hydrogens (primary N) is 1. The third kappa shape index (κ3) is 9.08. The normalized spacial score (nSPS) is 10.8. The van der Waals surface area contributed by atoms with Crippen molar-refractivity contribution < 1.29 is 4.79 Å². The largest absolute Gasteiger partial charge is 0.384 e. The predicted molar refractivity (Wildman–Crippen MR) is 217 cm³/mol. The lowest BCUT2D eigenvalue weighted by Crippen LogP contribution is -2.37. The monoisotopic (exact) mass is 723 g/mol. The molecular formula is C41H47Cl2N7O. The summed E-state index contributed by atoms with van der Waals surface area (Å²) in [5, 5.41) is 13.3. The van der Waals surface area contributed by atoms with Crippen molar-refractivity contribution in [3.05, 3.63) is 137 Å². The zero-order valence-electron chi connectivity index (χ0n) is 29.4. The van der Waals surface area contributed by atoms with Crippen LogP contribution in [0.1, 0.15) is 41.9 Å². The Labute approximate surface area is 313 Å². The van der Waals surface area contributed by atoms with Gasteiger partial charge in [0.2, 0.25) is 5.91 Å². The zero-order chi connectivity index (χ0) is 34.3. The third-order valence-electron chi connectivity index (χ3n) is 9.35. The first kappa shape index (κ1) is 38.9. The van der Waals surface area contributed by atoms with E-state index in [2.05, 4.69) is 89.3 Å². The van der Waals surface area contributed by atoms with Crippen molar-refractivity contribution in [1.82, 2.24) is 14.9 Å². The minimum absolute atomic E-state index is 0. The summed E-state index contributed by atoms with van der Waals surface area (Å²) in [6, 6.07) is 37.1. The molecule has 10 heteroatoms. The molecule has 51 heavy (non-hydrogen) atoms. The van der Waals surface area contributed by atoms with E-state index in [1.54, 1.807) is 0 Å². The zero-order valence-corrected chi connectivity index (χ0v) is 31.1. The van der Waals surface area contributed by atoms with Gasteiger partial charge in [-0.25, -0.2) is 4.98 Å². The van der Waals surface area contributed by atoms with Crippen molar-refractivity contribution in [3.63, 3.8) is 0 Å². The molecule has 0 radical (unpaired) electrons. The van der Waals surface area contributed by atoms with Crippen LogP contribution in [0.5, 0.6) is 0 Å². The highest BCUT2D eigenvalue weighted by atomic mass is 35.5. The molecule has 0 atom stereocenters. The number of aromatic nitrogens is 2. The number of nitrogen functional groups attached to an aromatic ring is 1. The number of carbonyl (C=O) groups is 1. The second kappa shape index (κ2) is 17.9. The van der Waals surface area contributed by atoms with Gasteiger partial charge in [-0.3, -0.25) is 10.2 Å². The van der Waals surface area contributed by atoms with Gasteiger partial charge in [-0.2, -0.15) is 0 Å². The van der Waals surface area contributed by atoms with E-state index in [0.717, 1.165) is 81.5 Å². The van der Waals surface area contributed by atoms with E-state index < -0.39 is 0 Å². The van der Waals surface area contributed by atoms with Crippen LogP contribution in [0, 0.1) is 5.41 Å². The number of rotatable bonds is 14. The molecule has 0 fully saturated rings. The summed E-state index contributed by atoms with van der Waals surface area (Å²) in [6.07, 6.45) is 1.58. The number of hydrogen-bond donors (Lipinski definition) is 3. The lowest BCUT2D eigenvalue weighted by atomic mass is 10.0. The summed E-state index contributed by atoms with van der Waals surface area (Å²) >= 11 is 0. The number of aryl methyl sites for hydroxylation is 3. The van der Waals surface area contributed by atoms with Crippen molar-refractivity contribution in [2.45, 2.75) is 39.8 Å². The molecule has 8 nitrogen and oxygen atoms in total. The number of halogens is 2. The molecule has 0 saturated heterocycles. The third-order valence-corrected chi connectivity index (χ3v) is 9.35. The van der Waals surface area contributed by atoms with Crippen LogP contribution in [0.3, 0.4) is 0 Å². The molecule has 1 heterocycles. The van der Waals surface area contributed by atoms with Gasteiger partial charge in [0, 0.05) is 50.0 Å². The Hall–Kier alpha value is -4.89. The van der Waals surface area contributed by atoms with E-state index in [0.29, 0.717) is 13.1 Å². The van der Waals surface area contributed by atoms with E-state index in [-0.39, 0.29) is 43.1 Å². The molecular weight excluding hydrogens is 677 g/mol. The Morgan fingerprint density at radius 2 is 1.49 bits per heavy atom. The van der Waals surface area contributed by atoms with Crippen molar-refractivity contribution in [3.8, 4) is 0 Å². The first-order valence-electron chi connectivity index (χ1n) is 17.0. The quantitative estimate of drug-likeness (QED) is 0.0786. The number of imidazole rings is 1. The number of nitrogens with one attached hydrogen (secondary N) is 2. The van der Waals surface area contributed by atoms with Gasteiger partial charge in [0.15, 0.2) is 0 Å². The van der Waals surface area contributed by atoms with E-state index >= 15 is 0 Å². The molecule has 1 amide bonds. The molecule has 0 bridgehead atoms. The smallest absolute Gasteiger partial charge is 0.241 e. The number of amides is 1. The standard InChI is InChI=1S/C41H45N7O.2ClH/c1-4-47(5-2)34-20-15-30(16-21-34)26-44-27-40(49)48(28-33-11-8-10-31-9-6-7-12-36(31)33)35-22-23-38-37(25-35)45-39(46(38)3)24-17-29-13-18-32(19-14-29)41(42)43;;/h6-16,18-23,25,44H,4-5,17,24,26-28H2,1-3H3,(H3,42,43);2*1H. The molecule has 4 N–H and O–H groups in total. The van der Waals surface area contributed by atoms with Gasteiger partial charge >= 0.3 is 0 Å². The molecule has 0 saturated carbocycles. The predicted octanol–water partition coefficient (Wildman–Crippen LogP) is 7.81. The topological polar surface area (TPSA) is 103 Å². The van der Waals surface area contributed by atoms with Crippen LogP contribution in [0.2, 0.25) is 0 Å². The SMILES string of the molecule is CCN(CC)c1ccc(CNCC(=O)N(Cc2cccc3ccccc23)c2ccc3c(c2)nc(CCc2ccc(C(=N)N)cc2)n3C)cc1.Cl.Cl. The molecule has 6 rings (SSSR count). The maximum absolute atomic E-state index is 14.0. The number of benzene rings is 5. The summed E-state index contributed by atoms with van der Waals surface area (Å²) < 4.78 is 2.13. The van der Waals surface area contributed by atoms with Gasteiger partial charge in [-0.1, -0.05) is 78.9 Å². The maximum Gasteiger partial charge on any atom is 0.241 e. The van der Waals surface area contributed by atoms with Crippen molar-refractivity contribution in [2.75, 3.05) is 29.4 Å². The first-order valence-corrected chi connectivity index (χ1v) is 17.0. The van der Waals surface area contributed by atoms with Gasteiger partial charge in [0.1, 0.15) is 11.7 Å². The van der Waals surface area contributed by atoms with Crippen LogP contribution in [0.25, 0.3) is 21.8 Å². The number of anilines is 2. The average Bonchev–Trinajstić information content (AvgIpc) is 3.45. The number of nitrogens with zero attached hydrogens (tertiary/aromatic N) is 4. The number of amidine groups is 1.